The molecular weight excluding hydrogens is 268 g/mol. The molecule has 0 aromatic carbocycles. The van der Waals surface area contributed by atoms with E-state index in [1.807, 2.05) is 38.9 Å². The number of piperidine rings is 1. The van der Waals surface area contributed by atoms with Crippen LogP contribution in [0.2, 0.25) is 0 Å². The monoisotopic (exact) mass is 296 g/mol. The van der Waals surface area contributed by atoms with Crippen LogP contribution in [0.5, 0.6) is 0 Å². The van der Waals surface area contributed by atoms with Gasteiger partial charge in [0.25, 0.3) is 0 Å². The Kier molecular flexibility index (Phi) is 6.40. The zero-order chi connectivity index (χ0) is 16.0. The second-order valence-electron chi connectivity index (χ2n) is 6.54. The van der Waals surface area contributed by atoms with E-state index in [0.717, 1.165) is 12.0 Å². The molecule has 1 unspecified atom stereocenters. The fourth-order valence-electron chi connectivity index (χ4n) is 2.65. The van der Waals surface area contributed by atoms with Crippen molar-refractivity contribution in [1.82, 2.24) is 9.80 Å². The molecule has 5 nitrogen and oxygen atoms in total. The highest BCUT2D eigenvalue weighted by Gasteiger charge is 2.42. The zero-order valence-electron chi connectivity index (χ0n) is 13.7. The van der Waals surface area contributed by atoms with Gasteiger partial charge in [0, 0.05) is 26.1 Å². The molecule has 0 bridgehead atoms. The first-order valence-corrected chi connectivity index (χ1v) is 7.56. The summed E-state index contributed by atoms with van der Waals surface area (Å²) in [6, 6.07) is 0. The van der Waals surface area contributed by atoms with E-state index in [1.54, 1.807) is 4.90 Å². The van der Waals surface area contributed by atoms with Crippen LogP contribution in [0.25, 0.3) is 0 Å². The van der Waals surface area contributed by atoms with Crippen molar-refractivity contribution in [2.45, 2.75) is 39.5 Å². The minimum absolute atomic E-state index is 0.0613. The highest BCUT2D eigenvalue weighted by molar-refractivity contribution is 5.80. The third kappa shape index (κ3) is 5.16. The topological polar surface area (TPSA) is 60.9 Å². The highest BCUT2D eigenvalue weighted by Crippen LogP contribution is 2.35. The van der Waals surface area contributed by atoms with E-state index < -0.39 is 11.4 Å². The molecular formula is C16H28N2O3. The van der Waals surface area contributed by atoms with Crippen LogP contribution in [-0.4, -0.2) is 60.5 Å². The number of nitrogens with zero attached hydrogens (tertiary/aromatic N) is 2. The molecule has 1 rings (SSSR count). The van der Waals surface area contributed by atoms with Crippen LogP contribution in [0.1, 0.15) is 39.5 Å². The smallest absolute Gasteiger partial charge is 0.311 e. The van der Waals surface area contributed by atoms with Gasteiger partial charge in [-0.3, -0.25) is 9.59 Å². The lowest BCUT2D eigenvalue weighted by Crippen LogP contribution is -2.50. The fourth-order valence-corrected chi connectivity index (χ4v) is 2.65. The summed E-state index contributed by atoms with van der Waals surface area (Å²) in [4.78, 5) is 27.7. The van der Waals surface area contributed by atoms with Gasteiger partial charge in [0.2, 0.25) is 5.91 Å². The normalized spacial score (nSPS) is 22.2. The molecule has 120 valence electrons. The molecule has 0 aromatic heterocycles. The quantitative estimate of drug-likeness (QED) is 0.762. The molecule has 1 N–H and O–H groups in total. The number of allylic oxidation sites excluding steroid dienone is 2. The summed E-state index contributed by atoms with van der Waals surface area (Å²) in [6.45, 7) is 5.65. The largest absolute Gasteiger partial charge is 0.481 e. The number of amides is 1. The van der Waals surface area contributed by atoms with E-state index in [1.165, 1.54) is 0 Å². The van der Waals surface area contributed by atoms with Crippen LogP contribution in [0, 0.1) is 5.41 Å². The summed E-state index contributed by atoms with van der Waals surface area (Å²) in [7, 11) is 3.86. The molecule has 1 amide bonds. The van der Waals surface area contributed by atoms with Crippen LogP contribution < -0.4 is 0 Å². The number of carbonyl (C=O) groups is 2. The molecule has 21 heavy (non-hydrogen) atoms. The first-order chi connectivity index (χ1) is 9.77. The summed E-state index contributed by atoms with van der Waals surface area (Å²) < 4.78 is 0. The Morgan fingerprint density at radius 1 is 1.33 bits per heavy atom. The molecule has 5 heteroatoms. The molecule has 0 spiro atoms. The number of hydrogen-bond acceptors (Lipinski definition) is 3. The Hall–Kier alpha value is -1.36. The van der Waals surface area contributed by atoms with E-state index in [0.29, 0.717) is 38.9 Å². The number of aliphatic carboxylic acids is 1. The molecule has 1 saturated heterocycles. The van der Waals surface area contributed by atoms with Gasteiger partial charge in [0.15, 0.2) is 0 Å². The van der Waals surface area contributed by atoms with Crippen LogP contribution in [0.3, 0.4) is 0 Å². The maximum absolute atomic E-state index is 12.2. The molecule has 0 aromatic rings. The molecule has 1 atom stereocenters. The Balaban J connectivity index is 2.76. The number of likely N-dealkylation sites (tertiary alicyclic amines) is 1. The number of carbonyl (C=O) groups excluding carboxylic acids is 1. The van der Waals surface area contributed by atoms with Crippen molar-refractivity contribution >= 4 is 11.9 Å². The zero-order valence-corrected chi connectivity index (χ0v) is 13.7. The first kappa shape index (κ1) is 17.7. The van der Waals surface area contributed by atoms with Crippen molar-refractivity contribution in [1.29, 1.82) is 0 Å². The van der Waals surface area contributed by atoms with Crippen LogP contribution in [-0.2, 0) is 9.59 Å². The van der Waals surface area contributed by atoms with Crippen molar-refractivity contribution in [2.24, 2.45) is 5.41 Å². The standard InChI is InChI=1S/C16H28N2O3/c1-13(2)6-9-16(15(20)21)8-5-10-18(12-16)14(19)7-11-17(3)4/h6H,5,7-12H2,1-4H3,(H,20,21). The Bertz CT molecular complexity index is 414. The minimum atomic E-state index is -0.816. The second kappa shape index (κ2) is 7.59. The third-order valence-electron chi connectivity index (χ3n) is 4.06. The van der Waals surface area contributed by atoms with E-state index in [-0.39, 0.29) is 5.91 Å². The van der Waals surface area contributed by atoms with Gasteiger partial charge in [0.1, 0.15) is 0 Å². The van der Waals surface area contributed by atoms with Gasteiger partial charge in [-0.1, -0.05) is 11.6 Å². The summed E-state index contributed by atoms with van der Waals surface area (Å²) in [5.41, 5.74) is 0.301. The van der Waals surface area contributed by atoms with E-state index >= 15 is 0 Å². The van der Waals surface area contributed by atoms with Crippen molar-refractivity contribution in [3.05, 3.63) is 11.6 Å². The van der Waals surface area contributed by atoms with Gasteiger partial charge in [-0.25, -0.2) is 0 Å². The molecule has 1 aliphatic rings. The average Bonchev–Trinajstić information content (AvgIpc) is 2.42. The van der Waals surface area contributed by atoms with Crippen molar-refractivity contribution in [3.63, 3.8) is 0 Å². The predicted octanol–water partition coefficient (Wildman–Crippen LogP) is 1.99. The van der Waals surface area contributed by atoms with Crippen molar-refractivity contribution < 1.29 is 14.7 Å². The summed E-state index contributed by atoms with van der Waals surface area (Å²) in [5, 5.41) is 9.64. The van der Waals surface area contributed by atoms with Gasteiger partial charge in [-0.15, -0.1) is 0 Å². The SMILES string of the molecule is CC(C)=CCC1(C(=O)O)CCCN(C(=O)CCN(C)C)C1. The number of carboxylic acids is 1. The summed E-state index contributed by atoms with van der Waals surface area (Å²) in [5.74, 6) is -0.726. The van der Waals surface area contributed by atoms with Crippen LogP contribution in [0.15, 0.2) is 11.6 Å². The van der Waals surface area contributed by atoms with E-state index in [2.05, 4.69) is 0 Å². The number of hydrogen-bond donors (Lipinski definition) is 1. The maximum Gasteiger partial charge on any atom is 0.311 e. The van der Waals surface area contributed by atoms with Crippen molar-refractivity contribution in [2.75, 3.05) is 33.7 Å². The lowest BCUT2D eigenvalue weighted by Gasteiger charge is -2.39. The molecule has 1 heterocycles. The maximum atomic E-state index is 12.2. The van der Waals surface area contributed by atoms with Crippen molar-refractivity contribution in [3.8, 4) is 0 Å². The first-order valence-electron chi connectivity index (χ1n) is 7.56. The van der Waals surface area contributed by atoms with Gasteiger partial charge >= 0.3 is 5.97 Å². The van der Waals surface area contributed by atoms with Crippen LogP contribution >= 0.6 is 0 Å². The Morgan fingerprint density at radius 2 is 2.00 bits per heavy atom. The summed E-state index contributed by atoms with van der Waals surface area (Å²) in [6.07, 6.45) is 4.33. The lowest BCUT2D eigenvalue weighted by molar-refractivity contribution is -0.154. The van der Waals surface area contributed by atoms with E-state index in [9.17, 15) is 14.7 Å². The van der Waals surface area contributed by atoms with Gasteiger partial charge in [0.05, 0.1) is 5.41 Å². The third-order valence-corrected chi connectivity index (χ3v) is 4.06. The second-order valence-corrected chi connectivity index (χ2v) is 6.54. The van der Waals surface area contributed by atoms with Gasteiger partial charge in [-0.05, 0) is 47.2 Å². The molecule has 0 saturated carbocycles. The predicted molar refractivity (Wildman–Crippen MR) is 83.1 cm³/mol. The van der Waals surface area contributed by atoms with Gasteiger partial charge < -0.3 is 14.9 Å². The van der Waals surface area contributed by atoms with Gasteiger partial charge in [-0.2, -0.15) is 0 Å². The fraction of sp³-hybridized carbons (Fsp3) is 0.750. The summed E-state index contributed by atoms with van der Waals surface area (Å²) >= 11 is 0. The minimum Gasteiger partial charge on any atom is -0.481 e. The lowest BCUT2D eigenvalue weighted by atomic mass is 9.76. The number of carboxylic acid groups (broad SMARTS) is 1. The highest BCUT2D eigenvalue weighted by atomic mass is 16.4. The van der Waals surface area contributed by atoms with Crippen LogP contribution in [0.4, 0.5) is 0 Å². The molecule has 1 fully saturated rings. The Morgan fingerprint density at radius 3 is 2.52 bits per heavy atom. The Labute approximate surface area is 127 Å². The number of rotatable bonds is 6. The molecule has 0 radical (unpaired) electrons. The molecule has 0 aliphatic carbocycles. The molecule has 1 aliphatic heterocycles. The average molecular weight is 296 g/mol. The van der Waals surface area contributed by atoms with E-state index in [4.69, 9.17) is 0 Å².